The van der Waals surface area contributed by atoms with Crippen molar-refractivity contribution in [2.45, 2.75) is 119 Å². The first-order valence-electron chi connectivity index (χ1n) is 14.3. The fraction of sp³-hybridized carbons (Fsp3) is 0.606. The van der Waals surface area contributed by atoms with Gasteiger partial charge in [-0.25, -0.2) is 0 Å². The number of hydrogen-bond donors (Lipinski definition) is 0. The fourth-order valence-corrected chi connectivity index (χ4v) is 4.42. The van der Waals surface area contributed by atoms with Gasteiger partial charge in [-0.1, -0.05) is 0 Å². The van der Waals surface area contributed by atoms with Crippen LogP contribution >= 0.6 is 0 Å². The van der Waals surface area contributed by atoms with Crippen molar-refractivity contribution in [2.75, 3.05) is 13.2 Å². The van der Waals surface area contributed by atoms with Crippen molar-refractivity contribution >= 4 is 5.78 Å². The van der Waals surface area contributed by atoms with E-state index in [0.717, 1.165) is 11.1 Å². The van der Waals surface area contributed by atoms with E-state index in [1.165, 1.54) is 0 Å². The zero-order valence-electron chi connectivity index (χ0n) is 26.5. The summed E-state index contributed by atoms with van der Waals surface area (Å²) in [5.74, 6) is 1.18. The summed E-state index contributed by atoms with van der Waals surface area (Å²) < 4.78 is 35.7. The van der Waals surface area contributed by atoms with Crippen molar-refractivity contribution in [3.63, 3.8) is 0 Å². The molecule has 0 amide bonds. The molecule has 2 aromatic carbocycles. The lowest BCUT2D eigenvalue weighted by Crippen LogP contribution is -2.24. The molecule has 7 nitrogen and oxygen atoms in total. The summed E-state index contributed by atoms with van der Waals surface area (Å²) >= 11 is 0. The van der Waals surface area contributed by atoms with Crippen LogP contribution in [0.25, 0.3) is 0 Å². The van der Waals surface area contributed by atoms with Gasteiger partial charge in [0.2, 0.25) is 0 Å². The molecule has 0 aromatic heterocycles. The molecular formula is C33H50O7. The molecule has 40 heavy (non-hydrogen) atoms. The normalized spacial score (nSPS) is 15.3. The predicted molar refractivity (Wildman–Crippen MR) is 158 cm³/mol. The van der Waals surface area contributed by atoms with Crippen LogP contribution in [0.5, 0.6) is 11.5 Å². The second-order valence-electron chi connectivity index (χ2n) is 11.9. The topological polar surface area (TPSA) is 72.5 Å². The molecule has 0 fully saturated rings. The van der Waals surface area contributed by atoms with Gasteiger partial charge in [0.1, 0.15) is 22.7 Å². The Labute approximate surface area is 241 Å². The smallest absolute Gasteiger partial charge is 0.193 e. The van der Waals surface area contributed by atoms with Crippen molar-refractivity contribution in [1.82, 2.24) is 0 Å². The van der Waals surface area contributed by atoms with Gasteiger partial charge in [-0.3, -0.25) is 4.79 Å². The second kappa shape index (κ2) is 14.4. The van der Waals surface area contributed by atoms with Gasteiger partial charge >= 0.3 is 0 Å². The minimum atomic E-state index is -0.437. The Morgan fingerprint density at radius 3 is 1.30 bits per heavy atom. The number of ketones is 1. The monoisotopic (exact) mass is 558 g/mol. The first-order valence-corrected chi connectivity index (χ1v) is 14.3. The third-order valence-electron chi connectivity index (χ3n) is 5.85. The number of benzene rings is 2. The Balaban J connectivity index is 2.62. The van der Waals surface area contributed by atoms with E-state index in [4.69, 9.17) is 28.4 Å². The molecule has 224 valence electrons. The molecule has 0 spiro atoms. The molecule has 0 aliphatic carbocycles. The second-order valence-corrected chi connectivity index (χ2v) is 11.9. The van der Waals surface area contributed by atoms with E-state index in [1.807, 2.05) is 119 Å². The molecule has 0 aliphatic rings. The van der Waals surface area contributed by atoms with E-state index in [0.29, 0.717) is 35.8 Å². The summed E-state index contributed by atoms with van der Waals surface area (Å²) in [5.41, 5.74) is 1.68. The van der Waals surface area contributed by atoms with E-state index in [9.17, 15) is 4.79 Å². The summed E-state index contributed by atoms with van der Waals surface area (Å²) in [4.78, 5) is 14.3. The van der Waals surface area contributed by atoms with Crippen LogP contribution in [0.3, 0.4) is 0 Å². The lowest BCUT2D eigenvalue weighted by atomic mass is 9.91. The Morgan fingerprint density at radius 1 is 0.650 bits per heavy atom. The lowest BCUT2D eigenvalue weighted by Gasteiger charge is -2.26. The van der Waals surface area contributed by atoms with Crippen LogP contribution in [0.2, 0.25) is 0 Å². The Hall–Kier alpha value is -2.45. The maximum atomic E-state index is 14.3. The molecule has 0 N–H and O–H groups in total. The minimum absolute atomic E-state index is 0.145. The van der Waals surface area contributed by atoms with Crippen LogP contribution in [-0.4, -0.2) is 42.8 Å². The maximum absolute atomic E-state index is 14.3. The largest absolute Gasteiger partial charge is 0.488 e. The highest BCUT2D eigenvalue weighted by Gasteiger charge is 2.26. The van der Waals surface area contributed by atoms with Gasteiger partial charge in [0, 0.05) is 24.3 Å². The van der Waals surface area contributed by atoms with Crippen molar-refractivity contribution in [1.29, 1.82) is 0 Å². The Kier molecular flexibility index (Phi) is 12.2. The van der Waals surface area contributed by atoms with Crippen molar-refractivity contribution < 1.29 is 33.2 Å². The average molecular weight is 559 g/mol. The van der Waals surface area contributed by atoms with Crippen molar-refractivity contribution in [2.24, 2.45) is 0 Å². The molecule has 7 heteroatoms. The fourth-order valence-electron chi connectivity index (χ4n) is 4.42. The first kappa shape index (κ1) is 33.8. The van der Waals surface area contributed by atoms with Crippen molar-refractivity contribution in [3.05, 3.63) is 58.7 Å². The molecule has 0 heterocycles. The SMILES string of the molecule is CCOC(C)O[C@@H](C)c1cc(OC(C)(C)C)ccc1C(=O)c1ccc(OC(C)(C)C)cc1[C@H](C)OC(C)OCC. The van der Waals surface area contributed by atoms with Gasteiger partial charge < -0.3 is 28.4 Å². The molecule has 0 bridgehead atoms. The molecule has 2 rings (SSSR count). The van der Waals surface area contributed by atoms with E-state index in [1.54, 1.807) is 0 Å². The number of carbonyl (C=O) groups excluding carboxylic acids is 1. The summed E-state index contributed by atoms with van der Waals surface area (Å²) in [6, 6.07) is 11.0. The quantitative estimate of drug-likeness (QED) is 0.171. The molecule has 2 aromatic rings. The van der Waals surface area contributed by atoms with Crippen LogP contribution in [-0.2, 0) is 18.9 Å². The molecule has 0 radical (unpaired) electrons. The molecule has 2 unspecified atom stereocenters. The number of hydrogen-bond acceptors (Lipinski definition) is 7. The van der Waals surface area contributed by atoms with Crippen LogP contribution in [0.15, 0.2) is 36.4 Å². The third-order valence-corrected chi connectivity index (χ3v) is 5.85. The van der Waals surface area contributed by atoms with Gasteiger partial charge in [0.25, 0.3) is 0 Å². The predicted octanol–water partition coefficient (Wildman–Crippen LogP) is 8.19. The van der Waals surface area contributed by atoms with Gasteiger partial charge in [-0.2, -0.15) is 0 Å². The highest BCUT2D eigenvalue weighted by molar-refractivity contribution is 6.11. The molecular weight excluding hydrogens is 508 g/mol. The standard InChI is InChI=1S/C33H50O7/c1-13-35-23(5)37-21(3)29-19-25(39-32(7,8)9)15-17-27(29)31(34)28-18-16-26(40-33(10,11)12)20-30(28)22(4)38-24(6)36-14-2/h15-24H,13-14H2,1-12H3/t21-,22-,23?,24?/m0/s1. The first-order chi connectivity index (χ1) is 18.5. The molecule has 0 saturated heterocycles. The van der Waals surface area contributed by atoms with E-state index >= 15 is 0 Å². The lowest BCUT2D eigenvalue weighted by molar-refractivity contribution is -0.154. The summed E-state index contributed by atoms with van der Waals surface area (Å²) in [5, 5.41) is 0. The molecule has 0 saturated carbocycles. The third kappa shape index (κ3) is 10.5. The minimum Gasteiger partial charge on any atom is -0.488 e. The number of ether oxygens (including phenoxy) is 6. The highest BCUT2D eigenvalue weighted by Crippen LogP contribution is 2.34. The van der Waals surface area contributed by atoms with Gasteiger partial charge in [0.15, 0.2) is 18.4 Å². The average Bonchev–Trinajstić information content (AvgIpc) is 2.81. The van der Waals surface area contributed by atoms with Crippen LogP contribution in [0, 0.1) is 0 Å². The molecule has 4 atom stereocenters. The summed E-state index contributed by atoms with van der Waals surface area (Å²) in [6.07, 6.45) is -1.73. The van der Waals surface area contributed by atoms with Crippen molar-refractivity contribution in [3.8, 4) is 11.5 Å². The van der Waals surface area contributed by atoms with E-state index in [-0.39, 0.29) is 5.78 Å². The summed E-state index contributed by atoms with van der Waals surface area (Å²) in [7, 11) is 0. The highest BCUT2D eigenvalue weighted by atomic mass is 16.7. The van der Waals surface area contributed by atoms with Crippen LogP contribution < -0.4 is 9.47 Å². The van der Waals surface area contributed by atoms with Gasteiger partial charge in [-0.15, -0.1) is 0 Å². The van der Waals surface area contributed by atoms with E-state index < -0.39 is 36.0 Å². The zero-order valence-corrected chi connectivity index (χ0v) is 26.5. The van der Waals surface area contributed by atoms with Crippen LogP contribution in [0.4, 0.5) is 0 Å². The Bertz CT molecular complexity index is 1010. The van der Waals surface area contributed by atoms with Gasteiger partial charge in [-0.05, 0) is 131 Å². The zero-order chi connectivity index (χ0) is 30.3. The number of carbonyl (C=O) groups is 1. The summed E-state index contributed by atoms with van der Waals surface area (Å²) in [6.45, 7) is 24.3. The Morgan fingerprint density at radius 2 is 1.00 bits per heavy atom. The van der Waals surface area contributed by atoms with Crippen LogP contribution in [0.1, 0.15) is 122 Å². The molecule has 0 aliphatic heterocycles. The maximum Gasteiger partial charge on any atom is 0.193 e. The number of rotatable bonds is 14. The van der Waals surface area contributed by atoms with Gasteiger partial charge in [0.05, 0.1) is 12.2 Å². The van der Waals surface area contributed by atoms with E-state index in [2.05, 4.69) is 0 Å².